The van der Waals surface area contributed by atoms with Crippen LogP contribution >= 0.6 is 46.1 Å². The summed E-state index contributed by atoms with van der Waals surface area (Å²) in [4.78, 5) is 12.5. The molecule has 2 aromatic carbocycles. The lowest BCUT2D eigenvalue weighted by Gasteiger charge is -2.20. The lowest BCUT2D eigenvalue weighted by Crippen LogP contribution is -2.12. The van der Waals surface area contributed by atoms with Crippen molar-refractivity contribution in [3.8, 4) is 0 Å². The molecule has 8 nitrogen and oxygen atoms in total. The first-order valence-corrected chi connectivity index (χ1v) is 10.9. The average molecular weight is 519 g/mol. The third kappa shape index (κ3) is 6.80. The van der Waals surface area contributed by atoms with Gasteiger partial charge in [-0.15, -0.1) is 21.5 Å². The van der Waals surface area contributed by atoms with Crippen molar-refractivity contribution >= 4 is 56.2 Å². The van der Waals surface area contributed by atoms with E-state index in [4.69, 9.17) is 54.9 Å². The average Bonchev–Trinajstić information content (AvgIpc) is 3.35. The van der Waals surface area contributed by atoms with Crippen molar-refractivity contribution in [2.75, 3.05) is 0 Å². The molecule has 0 amide bonds. The van der Waals surface area contributed by atoms with E-state index < -0.39 is 5.09 Å². The van der Waals surface area contributed by atoms with E-state index in [0.717, 1.165) is 26.2 Å². The number of fused-ring (bicyclic) bond motifs is 1. The molecule has 0 saturated carbocycles. The van der Waals surface area contributed by atoms with Crippen LogP contribution < -0.4 is 0 Å². The lowest BCUT2D eigenvalue weighted by molar-refractivity contribution is -0.742. The molecule has 4 aromatic rings. The van der Waals surface area contributed by atoms with Gasteiger partial charge in [-0.05, 0) is 34.5 Å². The zero-order chi connectivity index (χ0) is 22.4. The Bertz CT molecular complexity index is 1170. The maximum atomic E-state index is 8.36. The van der Waals surface area contributed by atoms with E-state index >= 15 is 0 Å². The molecular weight excluding hydrogens is 501 g/mol. The van der Waals surface area contributed by atoms with E-state index in [1.807, 2.05) is 35.0 Å². The second-order valence-corrected chi connectivity index (χ2v) is 8.47. The number of hydrogen-bond acceptors (Lipinski definition) is 5. The molecule has 0 radical (unpaired) electrons. The summed E-state index contributed by atoms with van der Waals surface area (Å²) in [5.74, 6) is 0. The number of aromatic nitrogens is 2. The van der Waals surface area contributed by atoms with E-state index in [-0.39, 0.29) is 11.6 Å². The SMILES string of the molecule is Clc1ccc(C(Cn2ccnc2)OCc2csc3c(Cl)cccc23)c(Cl)c1.O.O=[N+]([O-])O. The van der Waals surface area contributed by atoms with E-state index in [2.05, 4.69) is 16.4 Å². The first kappa shape index (κ1) is 25.9. The topological polar surface area (TPSA) is 122 Å². The van der Waals surface area contributed by atoms with Crippen molar-refractivity contribution in [2.45, 2.75) is 19.3 Å². The van der Waals surface area contributed by atoms with Crippen LogP contribution in [-0.4, -0.2) is 25.3 Å². The molecule has 3 N–H and O–H groups in total. The van der Waals surface area contributed by atoms with Gasteiger partial charge in [0.25, 0.3) is 5.09 Å². The molecule has 0 bridgehead atoms. The van der Waals surface area contributed by atoms with Gasteiger partial charge < -0.3 is 20.0 Å². The minimum Gasteiger partial charge on any atom is -0.412 e. The van der Waals surface area contributed by atoms with Gasteiger partial charge in [0.1, 0.15) is 6.10 Å². The van der Waals surface area contributed by atoms with Gasteiger partial charge in [-0.25, -0.2) is 4.98 Å². The maximum absolute atomic E-state index is 8.36. The highest BCUT2D eigenvalue weighted by molar-refractivity contribution is 7.18. The molecule has 4 rings (SSSR count). The molecule has 1 unspecified atom stereocenters. The summed E-state index contributed by atoms with van der Waals surface area (Å²) < 4.78 is 9.35. The molecule has 0 spiro atoms. The first-order chi connectivity index (χ1) is 14.8. The van der Waals surface area contributed by atoms with Gasteiger partial charge in [0.05, 0.1) is 29.2 Å². The Kier molecular flexibility index (Phi) is 9.70. The van der Waals surface area contributed by atoms with Gasteiger partial charge in [-0.3, -0.25) is 0 Å². The standard InChI is InChI=1S/C20H15Cl3N2OS.HNO3.H2O/c21-14-4-5-16(18(23)8-14)19(9-25-7-6-24-12-25)26-10-13-11-27-20-15(13)2-1-3-17(20)22;2-1(3)4;/h1-8,11-12,19H,9-10H2;(H,2,3,4);1H2. The van der Waals surface area contributed by atoms with Crippen molar-refractivity contribution in [3.63, 3.8) is 0 Å². The predicted octanol–water partition coefficient (Wildman–Crippen LogP) is 5.84. The molecule has 0 aliphatic rings. The number of halogens is 3. The summed E-state index contributed by atoms with van der Waals surface area (Å²) in [7, 11) is 0. The van der Waals surface area contributed by atoms with Crippen molar-refractivity contribution in [3.05, 3.63) is 96.8 Å². The number of benzene rings is 2. The molecule has 1 atom stereocenters. The van der Waals surface area contributed by atoms with Gasteiger partial charge in [0.15, 0.2) is 0 Å². The Hall–Kier alpha value is -2.40. The van der Waals surface area contributed by atoms with Crippen LogP contribution in [0.4, 0.5) is 0 Å². The molecule has 0 saturated heterocycles. The monoisotopic (exact) mass is 517 g/mol. The molecule has 2 aromatic heterocycles. The Labute approximate surface area is 202 Å². The normalized spacial score (nSPS) is 11.3. The molecule has 2 heterocycles. The second kappa shape index (κ2) is 12.0. The van der Waals surface area contributed by atoms with E-state index in [0.29, 0.717) is 23.2 Å². The Balaban J connectivity index is 0.000000672. The van der Waals surface area contributed by atoms with Crippen LogP contribution in [-0.2, 0) is 17.9 Å². The number of nitrogens with zero attached hydrogens (tertiary/aromatic N) is 3. The largest absolute Gasteiger partial charge is 0.412 e. The van der Waals surface area contributed by atoms with Crippen molar-refractivity contribution in [1.82, 2.24) is 9.55 Å². The number of rotatable bonds is 6. The minimum atomic E-state index is -1.50. The smallest absolute Gasteiger partial charge is 0.291 e. The Morgan fingerprint density at radius 1 is 1.22 bits per heavy atom. The second-order valence-electron chi connectivity index (χ2n) is 6.34. The fourth-order valence-corrected chi connectivity index (χ4v) is 4.77. The quantitative estimate of drug-likeness (QED) is 0.254. The minimum absolute atomic E-state index is 0. The number of thiophene rings is 1. The van der Waals surface area contributed by atoms with Gasteiger partial charge >= 0.3 is 0 Å². The summed E-state index contributed by atoms with van der Waals surface area (Å²) in [5.41, 5.74) is 2.01. The highest BCUT2D eigenvalue weighted by Gasteiger charge is 2.18. The summed E-state index contributed by atoms with van der Waals surface area (Å²) in [6, 6.07) is 11.4. The van der Waals surface area contributed by atoms with E-state index in [9.17, 15) is 0 Å². The number of ether oxygens (including phenoxy) is 1. The molecule has 170 valence electrons. The number of hydrogen-bond donors (Lipinski definition) is 1. The third-order valence-electron chi connectivity index (χ3n) is 4.32. The lowest BCUT2D eigenvalue weighted by atomic mass is 10.1. The predicted molar refractivity (Wildman–Crippen MR) is 125 cm³/mol. The molecule has 32 heavy (non-hydrogen) atoms. The van der Waals surface area contributed by atoms with Crippen LogP contribution in [0.5, 0.6) is 0 Å². The van der Waals surface area contributed by atoms with Crippen molar-refractivity contribution in [2.24, 2.45) is 0 Å². The van der Waals surface area contributed by atoms with Gasteiger partial charge in [0.2, 0.25) is 0 Å². The molecular formula is C20H18Cl3N3O5S. The summed E-state index contributed by atoms with van der Waals surface area (Å²) in [6.07, 6.45) is 5.17. The van der Waals surface area contributed by atoms with Crippen LogP contribution in [0.1, 0.15) is 17.2 Å². The first-order valence-electron chi connectivity index (χ1n) is 8.85. The van der Waals surface area contributed by atoms with E-state index in [1.54, 1.807) is 29.9 Å². The molecule has 12 heteroatoms. The highest BCUT2D eigenvalue weighted by atomic mass is 35.5. The number of imidazole rings is 1. The summed E-state index contributed by atoms with van der Waals surface area (Å²) in [5, 5.41) is 18.8. The summed E-state index contributed by atoms with van der Waals surface area (Å²) in [6.45, 7) is 1.06. The van der Waals surface area contributed by atoms with Crippen LogP contribution in [0.3, 0.4) is 0 Å². The molecule has 0 fully saturated rings. The van der Waals surface area contributed by atoms with Crippen molar-refractivity contribution in [1.29, 1.82) is 0 Å². The molecule has 0 aliphatic heterocycles. The van der Waals surface area contributed by atoms with Gasteiger partial charge in [-0.2, -0.15) is 0 Å². The van der Waals surface area contributed by atoms with Crippen molar-refractivity contribution < 1.29 is 20.5 Å². The van der Waals surface area contributed by atoms with Gasteiger partial charge in [0, 0.05) is 28.0 Å². The Morgan fingerprint density at radius 2 is 1.97 bits per heavy atom. The van der Waals surface area contributed by atoms with E-state index in [1.165, 1.54) is 0 Å². The molecule has 0 aliphatic carbocycles. The van der Waals surface area contributed by atoms with Crippen LogP contribution in [0, 0.1) is 10.1 Å². The van der Waals surface area contributed by atoms with Crippen LogP contribution in [0.15, 0.2) is 60.5 Å². The summed E-state index contributed by atoms with van der Waals surface area (Å²) >= 11 is 20.4. The third-order valence-corrected chi connectivity index (χ3v) is 6.38. The van der Waals surface area contributed by atoms with Gasteiger partial charge in [-0.1, -0.05) is 53.0 Å². The fourth-order valence-electron chi connectivity index (χ4n) is 2.97. The maximum Gasteiger partial charge on any atom is 0.291 e. The zero-order valence-electron chi connectivity index (χ0n) is 16.3. The Morgan fingerprint density at radius 3 is 2.62 bits per heavy atom. The van der Waals surface area contributed by atoms with Crippen LogP contribution in [0.25, 0.3) is 10.1 Å². The zero-order valence-corrected chi connectivity index (χ0v) is 19.4. The van der Waals surface area contributed by atoms with Crippen LogP contribution in [0.2, 0.25) is 15.1 Å². The fraction of sp³-hybridized carbons (Fsp3) is 0.150. The highest BCUT2D eigenvalue weighted by Crippen LogP contribution is 2.35.